The van der Waals surface area contributed by atoms with E-state index in [1.807, 2.05) is 16.8 Å². The molecule has 1 fully saturated rings. The molecule has 0 bridgehead atoms. The Balaban J connectivity index is 1.77. The van der Waals surface area contributed by atoms with Gasteiger partial charge < -0.3 is 11.1 Å². The van der Waals surface area contributed by atoms with Gasteiger partial charge in [-0.25, -0.2) is 4.98 Å². The normalized spacial score (nSPS) is 17.1. The van der Waals surface area contributed by atoms with E-state index in [0.717, 1.165) is 29.8 Å². The van der Waals surface area contributed by atoms with E-state index in [1.165, 1.54) is 11.3 Å². The molecule has 2 heterocycles. The van der Waals surface area contributed by atoms with Crippen LogP contribution >= 0.6 is 22.7 Å². The Morgan fingerprint density at radius 2 is 2.00 bits per heavy atom. The summed E-state index contributed by atoms with van der Waals surface area (Å²) in [5, 5.41) is 9.34. The van der Waals surface area contributed by atoms with E-state index in [-0.39, 0.29) is 5.91 Å². The summed E-state index contributed by atoms with van der Waals surface area (Å²) >= 11 is 3.01. The fourth-order valence-corrected chi connectivity index (χ4v) is 4.28. The molecule has 2 amide bonds. The number of thiophene rings is 1. The second-order valence-electron chi connectivity index (χ2n) is 5.51. The molecule has 5 nitrogen and oxygen atoms in total. The average Bonchev–Trinajstić information content (AvgIpc) is 3.19. The number of rotatable bonds is 4. The van der Waals surface area contributed by atoms with Crippen molar-refractivity contribution in [2.45, 2.75) is 37.6 Å². The van der Waals surface area contributed by atoms with Crippen LogP contribution in [0.3, 0.4) is 0 Å². The molecule has 0 spiro atoms. The van der Waals surface area contributed by atoms with E-state index < -0.39 is 11.4 Å². The van der Waals surface area contributed by atoms with Crippen LogP contribution in [0.15, 0.2) is 22.2 Å². The van der Waals surface area contributed by atoms with Crippen molar-refractivity contribution in [2.24, 2.45) is 5.73 Å². The number of carbonyl (C=O) groups excluding carboxylic acids is 2. The zero-order valence-electron chi connectivity index (χ0n) is 12.0. The third kappa shape index (κ3) is 2.91. The minimum absolute atomic E-state index is 0.321. The van der Waals surface area contributed by atoms with Crippen LogP contribution in [-0.2, 0) is 4.79 Å². The number of aromatic nitrogens is 1. The lowest BCUT2D eigenvalue weighted by atomic mass is 9.81. The van der Waals surface area contributed by atoms with Gasteiger partial charge in [-0.1, -0.05) is 19.3 Å². The van der Waals surface area contributed by atoms with E-state index in [2.05, 4.69) is 10.3 Å². The molecule has 1 aliphatic carbocycles. The molecule has 116 valence electrons. The Labute approximate surface area is 136 Å². The third-order valence-electron chi connectivity index (χ3n) is 4.04. The smallest absolute Gasteiger partial charge is 0.271 e. The standard InChI is InChI=1S/C15H17N3O2S2/c16-14(20)15(5-2-1-3-6-15)18-12(19)11-9-22-13(17-11)10-4-7-21-8-10/h4,7-9H,1-3,5-6H2,(H2,16,20)(H,18,19). The van der Waals surface area contributed by atoms with E-state index in [1.54, 1.807) is 16.7 Å². The first-order valence-electron chi connectivity index (χ1n) is 7.21. The molecule has 7 heteroatoms. The van der Waals surface area contributed by atoms with Crippen molar-refractivity contribution < 1.29 is 9.59 Å². The van der Waals surface area contributed by atoms with Crippen molar-refractivity contribution in [3.63, 3.8) is 0 Å². The Kier molecular flexibility index (Phi) is 4.26. The first-order chi connectivity index (χ1) is 10.6. The summed E-state index contributed by atoms with van der Waals surface area (Å²) in [5.74, 6) is -0.771. The average molecular weight is 335 g/mol. The SMILES string of the molecule is NC(=O)C1(NC(=O)c2csc(-c3ccsc3)n2)CCCCC1. The molecule has 0 saturated heterocycles. The van der Waals surface area contributed by atoms with E-state index >= 15 is 0 Å². The van der Waals surface area contributed by atoms with Crippen LogP contribution < -0.4 is 11.1 Å². The van der Waals surface area contributed by atoms with Crippen LogP contribution in [0.2, 0.25) is 0 Å². The molecule has 2 aromatic heterocycles. The minimum atomic E-state index is -0.915. The molecule has 0 aromatic carbocycles. The monoisotopic (exact) mass is 335 g/mol. The van der Waals surface area contributed by atoms with E-state index in [9.17, 15) is 9.59 Å². The van der Waals surface area contributed by atoms with Gasteiger partial charge in [-0.05, 0) is 24.3 Å². The van der Waals surface area contributed by atoms with Gasteiger partial charge in [0.05, 0.1) is 0 Å². The number of thiazole rings is 1. The lowest BCUT2D eigenvalue weighted by Crippen LogP contribution is -2.58. The van der Waals surface area contributed by atoms with Gasteiger partial charge in [0.2, 0.25) is 5.91 Å². The first-order valence-corrected chi connectivity index (χ1v) is 9.03. The van der Waals surface area contributed by atoms with Gasteiger partial charge in [0.25, 0.3) is 5.91 Å². The molecule has 0 aliphatic heterocycles. The molecular weight excluding hydrogens is 318 g/mol. The highest BCUT2D eigenvalue weighted by atomic mass is 32.1. The second kappa shape index (κ2) is 6.18. The number of amides is 2. The summed E-state index contributed by atoms with van der Waals surface area (Å²) < 4.78 is 0. The highest BCUT2D eigenvalue weighted by Crippen LogP contribution is 2.29. The highest BCUT2D eigenvalue weighted by Gasteiger charge is 2.39. The maximum atomic E-state index is 12.4. The number of primary amides is 1. The topological polar surface area (TPSA) is 85.1 Å². The Morgan fingerprint density at radius 3 is 2.64 bits per heavy atom. The Morgan fingerprint density at radius 1 is 1.23 bits per heavy atom. The van der Waals surface area contributed by atoms with Gasteiger partial charge in [0.15, 0.2) is 0 Å². The summed E-state index contributed by atoms with van der Waals surface area (Å²) in [6.07, 6.45) is 4.09. The van der Waals surface area contributed by atoms with Gasteiger partial charge in [-0.3, -0.25) is 9.59 Å². The van der Waals surface area contributed by atoms with Crippen LogP contribution in [0, 0.1) is 0 Å². The zero-order chi connectivity index (χ0) is 15.6. The summed E-state index contributed by atoms with van der Waals surface area (Å²) in [6.45, 7) is 0. The Bertz CT molecular complexity index is 673. The zero-order valence-corrected chi connectivity index (χ0v) is 13.6. The fourth-order valence-electron chi connectivity index (χ4n) is 2.77. The van der Waals surface area contributed by atoms with Crippen molar-refractivity contribution in [3.8, 4) is 10.6 Å². The van der Waals surface area contributed by atoms with E-state index in [4.69, 9.17) is 5.73 Å². The quantitative estimate of drug-likeness (QED) is 0.901. The summed E-state index contributed by atoms with van der Waals surface area (Å²) in [4.78, 5) is 28.6. The molecule has 0 unspecified atom stereocenters. The number of nitrogens with zero attached hydrogens (tertiary/aromatic N) is 1. The number of hydrogen-bond donors (Lipinski definition) is 2. The second-order valence-corrected chi connectivity index (χ2v) is 7.15. The van der Waals surface area contributed by atoms with Gasteiger partial charge in [0, 0.05) is 16.3 Å². The Hall–Kier alpha value is -1.73. The van der Waals surface area contributed by atoms with Gasteiger partial charge >= 0.3 is 0 Å². The van der Waals surface area contributed by atoms with E-state index in [0.29, 0.717) is 18.5 Å². The fraction of sp³-hybridized carbons (Fsp3) is 0.400. The van der Waals surface area contributed by atoms with Crippen LogP contribution in [0.4, 0.5) is 0 Å². The maximum Gasteiger partial charge on any atom is 0.271 e. The summed E-state index contributed by atoms with van der Waals surface area (Å²) in [5.41, 5.74) is 5.98. The van der Waals surface area contributed by atoms with Gasteiger partial charge in [-0.15, -0.1) is 11.3 Å². The van der Waals surface area contributed by atoms with Crippen LogP contribution in [0.1, 0.15) is 42.6 Å². The number of nitrogens with two attached hydrogens (primary N) is 1. The van der Waals surface area contributed by atoms with Gasteiger partial charge in [0.1, 0.15) is 16.2 Å². The predicted molar refractivity (Wildman–Crippen MR) is 87.9 cm³/mol. The molecule has 0 atom stereocenters. The van der Waals surface area contributed by atoms with Crippen molar-refractivity contribution in [1.29, 1.82) is 0 Å². The van der Waals surface area contributed by atoms with Crippen LogP contribution in [0.25, 0.3) is 10.6 Å². The van der Waals surface area contributed by atoms with Crippen LogP contribution in [0.5, 0.6) is 0 Å². The van der Waals surface area contributed by atoms with Crippen molar-refractivity contribution in [3.05, 3.63) is 27.9 Å². The van der Waals surface area contributed by atoms with Gasteiger partial charge in [-0.2, -0.15) is 11.3 Å². The van der Waals surface area contributed by atoms with Crippen LogP contribution in [-0.4, -0.2) is 22.3 Å². The third-order valence-corrected chi connectivity index (χ3v) is 5.61. The molecule has 1 aliphatic rings. The molecule has 3 N–H and O–H groups in total. The maximum absolute atomic E-state index is 12.4. The molecule has 1 saturated carbocycles. The lowest BCUT2D eigenvalue weighted by Gasteiger charge is -2.34. The van der Waals surface area contributed by atoms with Crippen molar-refractivity contribution >= 4 is 34.5 Å². The molecule has 3 rings (SSSR count). The predicted octanol–water partition coefficient (Wildman–Crippen LogP) is 2.79. The minimum Gasteiger partial charge on any atom is -0.368 e. The summed E-state index contributed by atoms with van der Waals surface area (Å²) in [6, 6.07) is 1.97. The first kappa shape index (κ1) is 15.2. The number of hydrogen-bond acceptors (Lipinski definition) is 5. The number of nitrogens with one attached hydrogen (secondary N) is 1. The van der Waals surface area contributed by atoms with Crippen molar-refractivity contribution in [2.75, 3.05) is 0 Å². The lowest BCUT2D eigenvalue weighted by molar-refractivity contribution is -0.125. The molecule has 2 aromatic rings. The highest BCUT2D eigenvalue weighted by molar-refractivity contribution is 7.14. The summed E-state index contributed by atoms with van der Waals surface area (Å²) in [7, 11) is 0. The molecule has 0 radical (unpaired) electrons. The number of carbonyl (C=O) groups is 2. The largest absolute Gasteiger partial charge is 0.368 e. The molecular formula is C15H17N3O2S2. The van der Waals surface area contributed by atoms with Crippen molar-refractivity contribution in [1.82, 2.24) is 10.3 Å². The molecule has 22 heavy (non-hydrogen) atoms.